The molecule has 1 fully saturated rings. The van der Waals surface area contributed by atoms with E-state index < -0.39 is 0 Å². The molecule has 0 radical (unpaired) electrons. The SMILES string of the molecule is O=C(NCCN1CCC(c2c[nH]c3ccccc23)CC1)c1ccccc1. The van der Waals surface area contributed by atoms with Crippen LogP contribution in [0.4, 0.5) is 0 Å². The average Bonchev–Trinajstić information content (AvgIpc) is 3.13. The van der Waals surface area contributed by atoms with Gasteiger partial charge in [-0.2, -0.15) is 0 Å². The lowest BCUT2D eigenvalue weighted by atomic mass is 9.89. The number of rotatable bonds is 5. The van der Waals surface area contributed by atoms with Gasteiger partial charge in [-0.1, -0.05) is 36.4 Å². The molecular formula is C22H25N3O. The van der Waals surface area contributed by atoms with E-state index in [2.05, 4.69) is 45.7 Å². The number of carbonyl (C=O) groups excluding carboxylic acids is 1. The fourth-order valence-electron chi connectivity index (χ4n) is 3.92. The van der Waals surface area contributed by atoms with Gasteiger partial charge < -0.3 is 15.2 Å². The molecule has 0 unspecified atom stereocenters. The summed E-state index contributed by atoms with van der Waals surface area (Å²) in [4.78, 5) is 17.9. The van der Waals surface area contributed by atoms with Crippen molar-refractivity contribution in [1.29, 1.82) is 0 Å². The van der Waals surface area contributed by atoms with E-state index in [0.29, 0.717) is 12.5 Å². The smallest absolute Gasteiger partial charge is 0.251 e. The normalized spacial score (nSPS) is 16.0. The standard InChI is InChI=1S/C22H25N3O/c26-22(18-6-2-1-3-7-18)23-12-15-25-13-10-17(11-14-25)20-16-24-21-9-5-4-8-19(20)21/h1-9,16-17,24H,10-15H2,(H,23,26). The molecule has 1 aliphatic heterocycles. The number of likely N-dealkylation sites (tertiary alicyclic amines) is 1. The van der Waals surface area contributed by atoms with Crippen LogP contribution in [-0.2, 0) is 0 Å². The maximum Gasteiger partial charge on any atom is 0.251 e. The molecule has 0 saturated carbocycles. The summed E-state index contributed by atoms with van der Waals surface area (Å²) in [7, 11) is 0. The molecule has 2 heterocycles. The van der Waals surface area contributed by atoms with Crippen LogP contribution in [0.5, 0.6) is 0 Å². The van der Waals surface area contributed by atoms with Crippen molar-refractivity contribution >= 4 is 16.8 Å². The highest BCUT2D eigenvalue weighted by atomic mass is 16.1. The quantitative estimate of drug-likeness (QED) is 0.738. The minimum atomic E-state index is 0.0132. The molecule has 2 aromatic carbocycles. The molecule has 1 saturated heterocycles. The third kappa shape index (κ3) is 3.65. The van der Waals surface area contributed by atoms with Crippen molar-refractivity contribution in [1.82, 2.24) is 15.2 Å². The van der Waals surface area contributed by atoms with Crippen molar-refractivity contribution in [3.05, 3.63) is 71.9 Å². The zero-order chi connectivity index (χ0) is 17.8. The fraction of sp³-hybridized carbons (Fsp3) is 0.318. The van der Waals surface area contributed by atoms with Crippen LogP contribution < -0.4 is 5.32 Å². The minimum Gasteiger partial charge on any atom is -0.361 e. The van der Waals surface area contributed by atoms with E-state index in [-0.39, 0.29) is 5.91 Å². The summed E-state index contributed by atoms with van der Waals surface area (Å²) in [5.74, 6) is 0.639. The first kappa shape index (κ1) is 16.9. The number of nitrogens with zero attached hydrogens (tertiary/aromatic N) is 1. The molecule has 2 N–H and O–H groups in total. The number of H-pyrrole nitrogens is 1. The predicted octanol–water partition coefficient (Wildman–Crippen LogP) is 3.78. The van der Waals surface area contributed by atoms with E-state index in [1.807, 2.05) is 30.3 Å². The monoisotopic (exact) mass is 347 g/mol. The number of aromatic nitrogens is 1. The van der Waals surface area contributed by atoms with Crippen molar-refractivity contribution in [2.75, 3.05) is 26.2 Å². The van der Waals surface area contributed by atoms with Crippen molar-refractivity contribution < 1.29 is 4.79 Å². The van der Waals surface area contributed by atoms with Gasteiger partial charge >= 0.3 is 0 Å². The molecule has 4 heteroatoms. The van der Waals surface area contributed by atoms with E-state index in [9.17, 15) is 4.79 Å². The summed E-state index contributed by atoms with van der Waals surface area (Å²) >= 11 is 0. The summed E-state index contributed by atoms with van der Waals surface area (Å²) in [6, 6.07) is 18.0. The summed E-state index contributed by atoms with van der Waals surface area (Å²) in [6.45, 7) is 3.79. The van der Waals surface area contributed by atoms with Crippen LogP contribution in [0, 0.1) is 0 Å². The molecule has 0 atom stereocenters. The van der Waals surface area contributed by atoms with Gasteiger partial charge in [-0.25, -0.2) is 0 Å². The molecular weight excluding hydrogens is 322 g/mol. The first-order valence-corrected chi connectivity index (χ1v) is 9.43. The number of nitrogens with one attached hydrogen (secondary N) is 2. The maximum atomic E-state index is 12.1. The van der Waals surface area contributed by atoms with Crippen molar-refractivity contribution in [3.63, 3.8) is 0 Å². The Balaban J connectivity index is 1.26. The number of hydrogen-bond acceptors (Lipinski definition) is 2. The van der Waals surface area contributed by atoms with Crippen LogP contribution in [0.25, 0.3) is 10.9 Å². The van der Waals surface area contributed by atoms with Gasteiger partial charge in [0.2, 0.25) is 0 Å². The van der Waals surface area contributed by atoms with Gasteiger partial charge in [-0.3, -0.25) is 4.79 Å². The molecule has 0 spiro atoms. The zero-order valence-corrected chi connectivity index (χ0v) is 14.9. The third-order valence-electron chi connectivity index (χ3n) is 5.40. The van der Waals surface area contributed by atoms with Crippen molar-refractivity contribution in [2.24, 2.45) is 0 Å². The largest absolute Gasteiger partial charge is 0.361 e. The Morgan fingerprint density at radius 2 is 1.77 bits per heavy atom. The second-order valence-electron chi connectivity index (χ2n) is 7.03. The molecule has 26 heavy (non-hydrogen) atoms. The molecule has 1 aromatic heterocycles. The number of fused-ring (bicyclic) bond motifs is 1. The van der Waals surface area contributed by atoms with Gasteiger partial charge in [-0.15, -0.1) is 0 Å². The summed E-state index contributed by atoms with van der Waals surface area (Å²) < 4.78 is 0. The lowest BCUT2D eigenvalue weighted by Gasteiger charge is -2.32. The first-order valence-electron chi connectivity index (χ1n) is 9.43. The van der Waals surface area contributed by atoms with E-state index in [0.717, 1.165) is 25.2 Å². The van der Waals surface area contributed by atoms with Crippen molar-refractivity contribution in [2.45, 2.75) is 18.8 Å². The maximum absolute atomic E-state index is 12.1. The summed E-state index contributed by atoms with van der Waals surface area (Å²) in [5, 5.41) is 4.39. The zero-order valence-electron chi connectivity index (χ0n) is 14.9. The lowest BCUT2D eigenvalue weighted by molar-refractivity contribution is 0.0946. The molecule has 4 rings (SSSR count). The van der Waals surface area contributed by atoms with Crippen LogP contribution in [0.3, 0.4) is 0 Å². The Kier molecular flexibility index (Phi) is 5.02. The predicted molar refractivity (Wildman–Crippen MR) is 105 cm³/mol. The van der Waals surface area contributed by atoms with Gasteiger partial charge in [-0.05, 0) is 55.6 Å². The fourth-order valence-corrected chi connectivity index (χ4v) is 3.92. The number of para-hydroxylation sites is 1. The number of hydrogen-bond donors (Lipinski definition) is 2. The van der Waals surface area contributed by atoms with Crippen LogP contribution in [0.2, 0.25) is 0 Å². The third-order valence-corrected chi connectivity index (χ3v) is 5.40. The molecule has 3 aromatic rings. The van der Waals surface area contributed by atoms with E-state index in [4.69, 9.17) is 0 Å². The number of amides is 1. The topological polar surface area (TPSA) is 48.1 Å². The highest BCUT2D eigenvalue weighted by Gasteiger charge is 2.22. The molecule has 0 bridgehead atoms. The highest BCUT2D eigenvalue weighted by molar-refractivity contribution is 5.94. The van der Waals surface area contributed by atoms with Crippen LogP contribution >= 0.6 is 0 Å². The summed E-state index contributed by atoms with van der Waals surface area (Å²) in [6.07, 6.45) is 4.54. The van der Waals surface area contributed by atoms with E-state index in [1.165, 1.54) is 29.3 Å². The first-order chi connectivity index (χ1) is 12.8. The number of piperidine rings is 1. The Hall–Kier alpha value is -2.59. The highest BCUT2D eigenvalue weighted by Crippen LogP contribution is 2.32. The Bertz CT molecular complexity index is 863. The van der Waals surface area contributed by atoms with E-state index >= 15 is 0 Å². The van der Waals surface area contributed by atoms with Gasteiger partial charge in [0, 0.05) is 35.8 Å². The summed E-state index contributed by atoms with van der Waals surface area (Å²) in [5.41, 5.74) is 3.41. The molecule has 0 aliphatic carbocycles. The van der Waals surface area contributed by atoms with Gasteiger partial charge in [0.25, 0.3) is 5.91 Å². The average molecular weight is 347 g/mol. The van der Waals surface area contributed by atoms with Crippen LogP contribution in [0.15, 0.2) is 60.8 Å². The Morgan fingerprint density at radius 1 is 1.04 bits per heavy atom. The Labute approximate surface area is 154 Å². The molecule has 1 aliphatic rings. The second kappa shape index (κ2) is 7.75. The van der Waals surface area contributed by atoms with Crippen molar-refractivity contribution in [3.8, 4) is 0 Å². The molecule has 134 valence electrons. The van der Waals surface area contributed by atoms with Gasteiger partial charge in [0.05, 0.1) is 0 Å². The number of aromatic amines is 1. The van der Waals surface area contributed by atoms with E-state index in [1.54, 1.807) is 0 Å². The molecule has 1 amide bonds. The molecule has 4 nitrogen and oxygen atoms in total. The lowest BCUT2D eigenvalue weighted by Crippen LogP contribution is -2.39. The number of carbonyl (C=O) groups is 1. The Morgan fingerprint density at radius 3 is 2.58 bits per heavy atom. The number of benzene rings is 2. The van der Waals surface area contributed by atoms with Gasteiger partial charge in [0.15, 0.2) is 0 Å². The van der Waals surface area contributed by atoms with Crippen LogP contribution in [-0.4, -0.2) is 42.0 Å². The van der Waals surface area contributed by atoms with Crippen LogP contribution in [0.1, 0.15) is 34.7 Å². The van der Waals surface area contributed by atoms with Gasteiger partial charge in [0.1, 0.15) is 0 Å². The second-order valence-corrected chi connectivity index (χ2v) is 7.03. The minimum absolute atomic E-state index is 0.0132.